The molecule has 1 aromatic heterocycles. The van der Waals surface area contributed by atoms with Gasteiger partial charge in [0, 0.05) is 36.8 Å². The van der Waals surface area contributed by atoms with Crippen LogP contribution < -0.4 is 5.32 Å². The Morgan fingerprint density at radius 3 is 2.79 bits per heavy atom. The van der Waals surface area contributed by atoms with Crippen LogP contribution in [-0.4, -0.2) is 23.2 Å². The summed E-state index contributed by atoms with van der Waals surface area (Å²) in [5.41, 5.74) is 5.31. The molecule has 2 aromatic rings. The first-order chi connectivity index (χ1) is 11.4. The number of hydrogen-bond donors (Lipinski definition) is 1. The molecule has 1 heterocycles. The molecule has 1 aliphatic rings. The van der Waals surface area contributed by atoms with Gasteiger partial charge >= 0.3 is 0 Å². The molecular formula is C18H19ClFN3O. The molecule has 3 rings (SSSR count). The average Bonchev–Trinajstić information content (AvgIpc) is 2.82. The van der Waals surface area contributed by atoms with Crippen molar-refractivity contribution in [3.63, 3.8) is 0 Å². The molecule has 0 saturated heterocycles. The normalized spacial score (nSPS) is 15.5. The van der Waals surface area contributed by atoms with E-state index >= 15 is 0 Å². The first kappa shape index (κ1) is 16.7. The number of halogens is 2. The van der Waals surface area contributed by atoms with Crippen LogP contribution in [0.4, 0.5) is 10.1 Å². The summed E-state index contributed by atoms with van der Waals surface area (Å²) in [6.07, 6.45) is 2.76. The Bertz CT molecular complexity index is 854. The Morgan fingerprint density at radius 2 is 2.12 bits per heavy atom. The molecule has 6 heteroatoms. The Kier molecular flexibility index (Phi) is 4.45. The lowest BCUT2D eigenvalue weighted by molar-refractivity contribution is 0.101. The summed E-state index contributed by atoms with van der Waals surface area (Å²) in [5.74, 6) is -0.729. The van der Waals surface area contributed by atoms with Crippen LogP contribution in [0.1, 0.15) is 40.2 Å². The van der Waals surface area contributed by atoms with Gasteiger partial charge in [-0.15, -0.1) is 0 Å². The molecule has 0 fully saturated rings. The van der Waals surface area contributed by atoms with Crippen LogP contribution in [0.15, 0.2) is 23.2 Å². The second-order valence-corrected chi connectivity index (χ2v) is 6.36. The number of aromatic nitrogens is 1. The third kappa shape index (κ3) is 2.73. The maximum Gasteiger partial charge on any atom is 0.272 e. The number of nitrogens with zero attached hydrogens (tertiary/aromatic N) is 2. The lowest BCUT2D eigenvalue weighted by Crippen LogP contribution is -2.19. The Labute approximate surface area is 145 Å². The molecule has 4 nitrogen and oxygen atoms in total. The quantitative estimate of drug-likeness (QED) is 0.872. The maximum atomic E-state index is 13.3. The van der Waals surface area contributed by atoms with E-state index in [1.807, 2.05) is 18.5 Å². The van der Waals surface area contributed by atoms with E-state index in [9.17, 15) is 9.18 Å². The SMILES string of the molecule is C/N=C1\CCCc2c1c(C)n(C)c2C(=O)Nc1ccc(F)c(Cl)c1. The van der Waals surface area contributed by atoms with Crippen molar-refractivity contribution in [1.82, 2.24) is 4.57 Å². The highest BCUT2D eigenvalue weighted by atomic mass is 35.5. The Morgan fingerprint density at radius 1 is 1.38 bits per heavy atom. The van der Waals surface area contributed by atoms with Gasteiger partial charge in [-0.1, -0.05) is 11.6 Å². The van der Waals surface area contributed by atoms with E-state index in [0.29, 0.717) is 11.4 Å². The monoisotopic (exact) mass is 347 g/mol. The third-order valence-electron chi connectivity index (χ3n) is 4.58. The summed E-state index contributed by atoms with van der Waals surface area (Å²) in [7, 11) is 3.67. The highest BCUT2D eigenvalue weighted by molar-refractivity contribution is 6.31. The topological polar surface area (TPSA) is 46.4 Å². The maximum absolute atomic E-state index is 13.3. The van der Waals surface area contributed by atoms with Gasteiger partial charge in [0.15, 0.2) is 0 Å². The third-order valence-corrected chi connectivity index (χ3v) is 4.87. The van der Waals surface area contributed by atoms with Gasteiger partial charge in [0.25, 0.3) is 5.91 Å². The van der Waals surface area contributed by atoms with Crippen molar-refractivity contribution in [3.05, 3.63) is 51.6 Å². The molecule has 24 heavy (non-hydrogen) atoms. The first-order valence-corrected chi connectivity index (χ1v) is 8.22. The van der Waals surface area contributed by atoms with Crippen molar-refractivity contribution in [3.8, 4) is 0 Å². The molecule has 1 aliphatic carbocycles. The number of carbonyl (C=O) groups excluding carboxylic acids is 1. The van der Waals surface area contributed by atoms with Crippen molar-refractivity contribution >= 4 is 28.9 Å². The zero-order chi connectivity index (χ0) is 17.4. The highest BCUT2D eigenvalue weighted by Gasteiger charge is 2.28. The summed E-state index contributed by atoms with van der Waals surface area (Å²) in [4.78, 5) is 17.2. The first-order valence-electron chi connectivity index (χ1n) is 7.84. The smallest absolute Gasteiger partial charge is 0.272 e. The second-order valence-electron chi connectivity index (χ2n) is 5.95. The second kappa shape index (κ2) is 6.40. The summed E-state index contributed by atoms with van der Waals surface area (Å²) in [6.45, 7) is 2.00. The van der Waals surface area contributed by atoms with Crippen molar-refractivity contribution in [2.45, 2.75) is 26.2 Å². The zero-order valence-electron chi connectivity index (χ0n) is 13.9. The molecule has 0 atom stereocenters. The fourth-order valence-electron chi connectivity index (χ4n) is 3.34. The molecule has 0 radical (unpaired) electrons. The van der Waals surface area contributed by atoms with Crippen LogP contribution in [0, 0.1) is 12.7 Å². The number of amides is 1. The fraction of sp³-hybridized carbons (Fsp3) is 0.333. The molecule has 0 aliphatic heterocycles. The van der Waals surface area contributed by atoms with E-state index in [0.717, 1.165) is 41.8 Å². The van der Waals surface area contributed by atoms with Crippen LogP contribution in [-0.2, 0) is 13.5 Å². The lowest BCUT2D eigenvalue weighted by Gasteiger charge is -2.15. The van der Waals surface area contributed by atoms with E-state index < -0.39 is 5.82 Å². The predicted molar refractivity (Wildman–Crippen MR) is 94.9 cm³/mol. The van der Waals surface area contributed by atoms with Gasteiger partial charge in [-0.25, -0.2) is 4.39 Å². The highest BCUT2D eigenvalue weighted by Crippen LogP contribution is 2.30. The number of nitrogens with one attached hydrogen (secondary N) is 1. The fourth-order valence-corrected chi connectivity index (χ4v) is 3.52. The molecule has 1 aromatic carbocycles. The van der Waals surface area contributed by atoms with E-state index in [1.54, 1.807) is 7.05 Å². The number of aliphatic imine (C=N–C) groups is 1. The number of carbonyl (C=O) groups is 1. The van der Waals surface area contributed by atoms with Gasteiger partial charge in [0.1, 0.15) is 11.5 Å². The van der Waals surface area contributed by atoms with E-state index in [2.05, 4.69) is 10.3 Å². The van der Waals surface area contributed by atoms with Crippen LogP contribution in [0.5, 0.6) is 0 Å². The molecule has 0 unspecified atom stereocenters. The van der Waals surface area contributed by atoms with Gasteiger partial charge in [-0.3, -0.25) is 9.79 Å². The lowest BCUT2D eigenvalue weighted by atomic mass is 9.90. The number of benzene rings is 1. The van der Waals surface area contributed by atoms with Crippen LogP contribution in [0.25, 0.3) is 0 Å². The molecule has 0 saturated carbocycles. The van der Waals surface area contributed by atoms with Crippen molar-refractivity contribution in [2.24, 2.45) is 12.0 Å². The standard InChI is InChI=1S/C18H19ClFN3O/c1-10-16-12(5-4-6-15(16)21-2)17(23(10)3)18(24)22-11-7-8-14(20)13(19)9-11/h7-9H,4-6H2,1-3H3,(H,22,24)/b21-15+. The van der Waals surface area contributed by atoms with Gasteiger partial charge in [0.05, 0.1) is 5.02 Å². The number of hydrogen-bond acceptors (Lipinski definition) is 2. The van der Waals surface area contributed by atoms with Gasteiger partial charge in [0.2, 0.25) is 0 Å². The summed E-state index contributed by atoms with van der Waals surface area (Å²) in [6, 6.07) is 4.15. The summed E-state index contributed by atoms with van der Waals surface area (Å²) in [5, 5.41) is 2.80. The molecule has 0 spiro atoms. The molecule has 126 valence electrons. The van der Waals surface area contributed by atoms with Crippen LogP contribution in [0.3, 0.4) is 0 Å². The molecule has 0 bridgehead atoms. The zero-order valence-corrected chi connectivity index (χ0v) is 14.7. The van der Waals surface area contributed by atoms with Crippen LogP contribution >= 0.6 is 11.6 Å². The summed E-state index contributed by atoms with van der Waals surface area (Å²) >= 11 is 5.78. The van der Waals surface area contributed by atoms with E-state index in [-0.39, 0.29) is 10.9 Å². The van der Waals surface area contributed by atoms with E-state index in [1.165, 1.54) is 18.2 Å². The van der Waals surface area contributed by atoms with Crippen molar-refractivity contribution in [1.29, 1.82) is 0 Å². The largest absolute Gasteiger partial charge is 0.343 e. The Balaban J connectivity index is 2.00. The number of anilines is 1. The minimum Gasteiger partial charge on any atom is -0.343 e. The predicted octanol–water partition coefficient (Wildman–Crippen LogP) is 4.13. The number of fused-ring (bicyclic) bond motifs is 1. The van der Waals surface area contributed by atoms with Gasteiger partial charge < -0.3 is 9.88 Å². The van der Waals surface area contributed by atoms with Gasteiger partial charge in [-0.05, 0) is 49.9 Å². The average molecular weight is 348 g/mol. The van der Waals surface area contributed by atoms with Crippen molar-refractivity contribution in [2.75, 3.05) is 12.4 Å². The van der Waals surface area contributed by atoms with Crippen molar-refractivity contribution < 1.29 is 9.18 Å². The van der Waals surface area contributed by atoms with Crippen LogP contribution in [0.2, 0.25) is 5.02 Å². The molecule has 1 N–H and O–H groups in total. The minimum absolute atomic E-state index is 0.0155. The molecular weight excluding hydrogens is 329 g/mol. The number of rotatable bonds is 2. The molecule has 1 amide bonds. The van der Waals surface area contributed by atoms with Gasteiger partial charge in [-0.2, -0.15) is 0 Å². The van der Waals surface area contributed by atoms with E-state index in [4.69, 9.17) is 11.6 Å². The Hall–Kier alpha value is -2.14. The summed E-state index contributed by atoms with van der Waals surface area (Å²) < 4.78 is 15.2. The minimum atomic E-state index is -0.509.